The molecule has 0 saturated carbocycles. The van der Waals surface area contributed by atoms with Crippen LogP contribution in [0.25, 0.3) is 0 Å². The number of carbonyl (C=O) groups is 1. The highest BCUT2D eigenvalue weighted by Gasteiger charge is 2.27. The Morgan fingerprint density at radius 3 is 2.80 bits per heavy atom. The van der Waals surface area contributed by atoms with Crippen molar-refractivity contribution in [1.82, 2.24) is 9.88 Å². The molecule has 1 aliphatic rings. The highest BCUT2D eigenvalue weighted by Crippen LogP contribution is 2.20. The van der Waals surface area contributed by atoms with Crippen LogP contribution < -0.4 is 9.64 Å². The molecule has 0 radical (unpaired) electrons. The molecule has 1 aromatic carbocycles. The summed E-state index contributed by atoms with van der Waals surface area (Å²) in [6, 6.07) is 12.4. The first-order valence-electron chi connectivity index (χ1n) is 8.36. The van der Waals surface area contributed by atoms with E-state index in [1.165, 1.54) is 6.07 Å². The molecular formula is C19H22FN3O2. The van der Waals surface area contributed by atoms with Crippen molar-refractivity contribution in [1.29, 1.82) is 0 Å². The molecule has 0 bridgehead atoms. The van der Waals surface area contributed by atoms with Gasteiger partial charge >= 0.3 is 0 Å². The van der Waals surface area contributed by atoms with Gasteiger partial charge in [0.1, 0.15) is 11.6 Å². The Kier molecular flexibility index (Phi) is 5.16. The molecule has 0 spiro atoms. The summed E-state index contributed by atoms with van der Waals surface area (Å²) in [6.07, 6.45) is 0.349. The topological polar surface area (TPSA) is 45.7 Å². The second-order valence-electron chi connectivity index (χ2n) is 6.23. The highest BCUT2D eigenvalue weighted by molar-refractivity contribution is 5.79. The largest absolute Gasteiger partial charge is 0.497 e. The number of amides is 1. The van der Waals surface area contributed by atoms with E-state index in [1.807, 2.05) is 41.0 Å². The summed E-state index contributed by atoms with van der Waals surface area (Å²) in [6.45, 7) is 3.87. The van der Waals surface area contributed by atoms with E-state index in [2.05, 4.69) is 4.98 Å². The van der Waals surface area contributed by atoms with Gasteiger partial charge in [0.25, 0.3) is 0 Å². The number of rotatable bonds is 4. The normalized spacial score (nSPS) is 17.5. The van der Waals surface area contributed by atoms with Gasteiger partial charge in [-0.1, -0.05) is 18.2 Å². The summed E-state index contributed by atoms with van der Waals surface area (Å²) in [4.78, 5) is 20.4. The summed E-state index contributed by atoms with van der Waals surface area (Å²) < 4.78 is 18.5. The zero-order valence-electron chi connectivity index (χ0n) is 14.5. The predicted octanol–water partition coefficient (Wildman–Crippen LogP) is 2.51. The van der Waals surface area contributed by atoms with Gasteiger partial charge in [-0.3, -0.25) is 4.79 Å². The maximum Gasteiger partial charge on any atom is 0.227 e. The SMILES string of the molecule is COc1cccc(CC(=O)N2CCN(c3cccc(F)n3)C(C)C2)c1. The minimum absolute atomic E-state index is 0.0808. The van der Waals surface area contributed by atoms with Gasteiger partial charge in [-0.25, -0.2) is 4.98 Å². The van der Waals surface area contributed by atoms with Crippen LogP contribution in [0.15, 0.2) is 42.5 Å². The number of aromatic nitrogens is 1. The number of hydrogen-bond acceptors (Lipinski definition) is 4. The van der Waals surface area contributed by atoms with Crippen molar-refractivity contribution in [3.63, 3.8) is 0 Å². The molecule has 1 unspecified atom stereocenters. The summed E-state index contributed by atoms with van der Waals surface area (Å²) in [7, 11) is 1.61. The van der Waals surface area contributed by atoms with Crippen molar-refractivity contribution in [3.8, 4) is 5.75 Å². The fourth-order valence-electron chi connectivity index (χ4n) is 3.15. The Morgan fingerprint density at radius 1 is 1.28 bits per heavy atom. The summed E-state index contributed by atoms with van der Waals surface area (Å²) in [5.41, 5.74) is 0.936. The van der Waals surface area contributed by atoms with Crippen molar-refractivity contribution in [2.75, 3.05) is 31.6 Å². The molecular weight excluding hydrogens is 321 g/mol. The van der Waals surface area contributed by atoms with Crippen LogP contribution >= 0.6 is 0 Å². The van der Waals surface area contributed by atoms with E-state index in [0.29, 0.717) is 31.9 Å². The van der Waals surface area contributed by atoms with Crippen LogP contribution in [0.3, 0.4) is 0 Å². The average Bonchev–Trinajstić information content (AvgIpc) is 2.61. The lowest BCUT2D eigenvalue weighted by atomic mass is 10.1. The number of benzene rings is 1. The molecule has 2 aromatic rings. The number of ether oxygens (including phenoxy) is 1. The number of pyridine rings is 1. The maximum atomic E-state index is 13.3. The van der Waals surface area contributed by atoms with Gasteiger partial charge in [-0.2, -0.15) is 4.39 Å². The lowest BCUT2D eigenvalue weighted by Crippen LogP contribution is -2.54. The smallest absolute Gasteiger partial charge is 0.227 e. The van der Waals surface area contributed by atoms with E-state index in [4.69, 9.17) is 4.74 Å². The van der Waals surface area contributed by atoms with Gasteiger partial charge in [-0.15, -0.1) is 0 Å². The molecule has 2 heterocycles. The first-order chi connectivity index (χ1) is 12.1. The average molecular weight is 343 g/mol. The van der Waals surface area contributed by atoms with E-state index < -0.39 is 5.95 Å². The number of piperazine rings is 1. The van der Waals surface area contributed by atoms with Crippen LogP contribution in [-0.2, 0) is 11.2 Å². The number of halogens is 1. The van der Waals surface area contributed by atoms with E-state index in [1.54, 1.807) is 19.2 Å². The zero-order chi connectivity index (χ0) is 17.8. The minimum Gasteiger partial charge on any atom is -0.497 e. The number of anilines is 1. The lowest BCUT2D eigenvalue weighted by Gasteiger charge is -2.40. The molecule has 5 nitrogen and oxygen atoms in total. The van der Waals surface area contributed by atoms with Crippen LogP contribution in [0.1, 0.15) is 12.5 Å². The van der Waals surface area contributed by atoms with Gasteiger partial charge in [0.05, 0.1) is 13.5 Å². The monoisotopic (exact) mass is 343 g/mol. The van der Waals surface area contributed by atoms with Gasteiger partial charge < -0.3 is 14.5 Å². The number of hydrogen-bond donors (Lipinski definition) is 0. The van der Waals surface area contributed by atoms with Gasteiger partial charge in [-0.05, 0) is 36.8 Å². The summed E-state index contributed by atoms with van der Waals surface area (Å²) in [5.74, 6) is 0.973. The van der Waals surface area contributed by atoms with Crippen molar-refractivity contribution >= 4 is 11.7 Å². The van der Waals surface area contributed by atoms with Crippen LogP contribution in [0.2, 0.25) is 0 Å². The van der Waals surface area contributed by atoms with Crippen LogP contribution in [0.4, 0.5) is 10.2 Å². The number of nitrogens with zero attached hydrogens (tertiary/aromatic N) is 3. The van der Waals surface area contributed by atoms with E-state index in [-0.39, 0.29) is 11.9 Å². The first-order valence-corrected chi connectivity index (χ1v) is 8.36. The fraction of sp³-hybridized carbons (Fsp3) is 0.368. The second-order valence-corrected chi connectivity index (χ2v) is 6.23. The molecule has 132 valence electrons. The van der Waals surface area contributed by atoms with Crippen molar-refractivity contribution in [2.45, 2.75) is 19.4 Å². The highest BCUT2D eigenvalue weighted by atomic mass is 19.1. The van der Waals surface area contributed by atoms with Crippen LogP contribution in [-0.4, -0.2) is 48.6 Å². The minimum atomic E-state index is -0.485. The Hall–Kier alpha value is -2.63. The molecule has 6 heteroatoms. The zero-order valence-corrected chi connectivity index (χ0v) is 14.5. The third-order valence-electron chi connectivity index (χ3n) is 4.46. The molecule has 1 aliphatic heterocycles. The van der Waals surface area contributed by atoms with Gasteiger partial charge in [0.15, 0.2) is 0 Å². The Labute approximate surface area is 147 Å². The quantitative estimate of drug-likeness (QED) is 0.800. The van der Waals surface area contributed by atoms with Gasteiger partial charge in [0.2, 0.25) is 11.9 Å². The van der Waals surface area contributed by atoms with E-state index in [0.717, 1.165) is 11.3 Å². The van der Waals surface area contributed by atoms with Crippen molar-refractivity contribution in [2.24, 2.45) is 0 Å². The van der Waals surface area contributed by atoms with Gasteiger partial charge in [0, 0.05) is 25.7 Å². The molecule has 1 atom stereocenters. The lowest BCUT2D eigenvalue weighted by molar-refractivity contribution is -0.131. The van der Waals surface area contributed by atoms with Crippen LogP contribution in [0, 0.1) is 5.95 Å². The summed E-state index contributed by atoms with van der Waals surface area (Å²) in [5, 5.41) is 0. The van der Waals surface area contributed by atoms with E-state index in [9.17, 15) is 9.18 Å². The molecule has 1 aromatic heterocycles. The predicted molar refractivity (Wildman–Crippen MR) is 94.3 cm³/mol. The molecule has 1 fully saturated rings. The molecule has 0 N–H and O–H groups in total. The fourth-order valence-corrected chi connectivity index (χ4v) is 3.15. The molecule has 25 heavy (non-hydrogen) atoms. The third-order valence-corrected chi connectivity index (χ3v) is 4.46. The molecule has 1 amide bonds. The summed E-state index contributed by atoms with van der Waals surface area (Å²) >= 11 is 0. The molecule has 1 saturated heterocycles. The van der Waals surface area contributed by atoms with Crippen molar-refractivity contribution < 1.29 is 13.9 Å². The van der Waals surface area contributed by atoms with Crippen molar-refractivity contribution in [3.05, 3.63) is 54.0 Å². The molecule has 0 aliphatic carbocycles. The maximum absolute atomic E-state index is 13.3. The Bertz CT molecular complexity index is 753. The third kappa shape index (κ3) is 4.07. The number of carbonyl (C=O) groups excluding carboxylic acids is 1. The number of methoxy groups -OCH3 is 1. The van der Waals surface area contributed by atoms with Crippen LogP contribution in [0.5, 0.6) is 5.75 Å². The van der Waals surface area contributed by atoms with E-state index >= 15 is 0 Å². The Balaban J connectivity index is 1.63. The first kappa shape index (κ1) is 17.2. The standard InChI is InChI=1S/C19H22FN3O2/c1-14-13-22(9-10-23(14)18-8-4-7-17(20)21-18)19(24)12-15-5-3-6-16(11-15)25-2/h3-8,11,14H,9-10,12-13H2,1-2H3. The second kappa shape index (κ2) is 7.51. The Morgan fingerprint density at radius 2 is 2.08 bits per heavy atom. The molecule has 3 rings (SSSR count).